The Morgan fingerprint density at radius 1 is 1.47 bits per heavy atom. The second kappa shape index (κ2) is 4.54. The summed E-state index contributed by atoms with van der Waals surface area (Å²) < 4.78 is 1.55. The van der Waals surface area contributed by atoms with Crippen LogP contribution in [0.3, 0.4) is 0 Å². The summed E-state index contributed by atoms with van der Waals surface area (Å²) in [6, 6.07) is 1.55. The van der Waals surface area contributed by atoms with Crippen molar-refractivity contribution in [2.45, 2.75) is 20.8 Å². The van der Waals surface area contributed by atoms with Gasteiger partial charge < -0.3 is 5.11 Å². The Bertz CT molecular complexity index is 476. The van der Waals surface area contributed by atoms with Crippen molar-refractivity contribution >= 4 is 11.5 Å². The minimum absolute atomic E-state index is 0.264. The quantitative estimate of drug-likeness (QED) is 0.773. The van der Waals surface area contributed by atoms with E-state index in [0.29, 0.717) is 11.2 Å². The van der Waals surface area contributed by atoms with Crippen LogP contribution in [0.25, 0.3) is 5.52 Å². The molecule has 0 aliphatic carbocycles. The van der Waals surface area contributed by atoms with Gasteiger partial charge in [0, 0.05) is 0 Å². The molecule has 5 heteroatoms. The third-order valence-corrected chi connectivity index (χ3v) is 1.92. The molecular formula is C10H13N3O2. The maximum absolute atomic E-state index is 10.7. The number of aromatic nitrogens is 3. The summed E-state index contributed by atoms with van der Waals surface area (Å²) in [5.41, 5.74) is 1.57. The van der Waals surface area contributed by atoms with Gasteiger partial charge >= 0.3 is 5.97 Å². The minimum Gasteiger partial charge on any atom is -0.478 e. The number of nitrogens with zero attached hydrogens (tertiary/aromatic N) is 3. The van der Waals surface area contributed by atoms with Crippen LogP contribution >= 0.6 is 0 Å². The zero-order valence-corrected chi connectivity index (χ0v) is 8.93. The van der Waals surface area contributed by atoms with Crippen molar-refractivity contribution in [1.82, 2.24) is 14.6 Å². The number of hydrogen-bond acceptors (Lipinski definition) is 3. The first-order chi connectivity index (χ1) is 7.20. The summed E-state index contributed by atoms with van der Waals surface area (Å²) in [4.78, 5) is 14.5. The number of aryl methyl sites for hydroxylation is 1. The van der Waals surface area contributed by atoms with E-state index in [9.17, 15) is 4.79 Å². The van der Waals surface area contributed by atoms with Crippen LogP contribution < -0.4 is 0 Å². The van der Waals surface area contributed by atoms with E-state index in [2.05, 4.69) is 10.1 Å². The predicted molar refractivity (Wildman–Crippen MR) is 56.0 cm³/mol. The largest absolute Gasteiger partial charge is 0.478 e. The lowest BCUT2D eigenvalue weighted by Gasteiger charge is -1.93. The van der Waals surface area contributed by atoms with Crippen molar-refractivity contribution in [2.24, 2.45) is 0 Å². The highest BCUT2D eigenvalue weighted by atomic mass is 16.4. The molecule has 2 aromatic heterocycles. The Labute approximate surface area is 87.4 Å². The van der Waals surface area contributed by atoms with E-state index < -0.39 is 5.97 Å². The van der Waals surface area contributed by atoms with Gasteiger partial charge in [-0.2, -0.15) is 5.10 Å². The average molecular weight is 207 g/mol. The number of carboxylic acid groups (broad SMARTS) is 1. The molecule has 2 rings (SSSR count). The third-order valence-electron chi connectivity index (χ3n) is 1.92. The summed E-state index contributed by atoms with van der Waals surface area (Å²) in [5.74, 6) is -0.942. The summed E-state index contributed by atoms with van der Waals surface area (Å²) in [7, 11) is 0. The molecule has 80 valence electrons. The van der Waals surface area contributed by atoms with Crippen LogP contribution in [-0.4, -0.2) is 25.7 Å². The minimum atomic E-state index is -0.942. The van der Waals surface area contributed by atoms with E-state index in [1.165, 1.54) is 6.33 Å². The molecule has 2 aromatic rings. The van der Waals surface area contributed by atoms with Crippen LogP contribution in [-0.2, 0) is 0 Å². The summed E-state index contributed by atoms with van der Waals surface area (Å²) in [6.07, 6.45) is 2.96. The van der Waals surface area contributed by atoms with Gasteiger partial charge in [0.15, 0.2) is 0 Å². The molecule has 0 amide bonds. The van der Waals surface area contributed by atoms with Crippen LogP contribution in [0.15, 0.2) is 18.6 Å². The van der Waals surface area contributed by atoms with Gasteiger partial charge in [-0.25, -0.2) is 14.3 Å². The molecule has 0 radical (unpaired) electrons. The Hall–Kier alpha value is -1.91. The van der Waals surface area contributed by atoms with E-state index >= 15 is 0 Å². The third kappa shape index (κ3) is 1.96. The summed E-state index contributed by atoms with van der Waals surface area (Å²) >= 11 is 0. The molecule has 5 nitrogen and oxygen atoms in total. The second-order valence-electron chi connectivity index (χ2n) is 2.69. The molecule has 0 bridgehead atoms. The lowest BCUT2D eigenvalue weighted by atomic mass is 10.2. The zero-order valence-electron chi connectivity index (χ0n) is 8.93. The second-order valence-corrected chi connectivity index (χ2v) is 2.69. The van der Waals surface area contributed by atoms with Crippen molar-refractivity contribution in [3.63, 3.8) is 0 Å². The number of carboxylic acids is 1. The van der Waals surface area contributed by atoms with E-state index in [0.717, 1.165) is 0 Å². The zero-order chi connectivity index (χ0) is 11.4. The highest BCUT2D eigenvalue weighted by Gasteiger charge is 2.12. The van der Waals surface area contributed by atoms with Crippen molar-refractivity contribution in [3.8, 4) is 0 Å². The monoisotopic (exact) mass is 207 g/mol. The molecule has 0 unspecified atom stereocenters. The number of carbonyl (C=O) groups is 1. The molecule has 0 fully saturated rings. The highest BCUT2D eigenvalue weighted by molar-refractivity contribution is 5.91. The molecule has 0 saturated carbocycles. The smallest absolute Gasteiger partial charge is 0.337 e. The fourth-order valence-corrected chi connectivity index (χ4v) is 1.27. The van der Waals surface area contributed by atoms with Gasteiger partial charge in [0.25, 0.3) is 0 Å². The first-order valence-electron chi connectivity index (χ1n) is 4.72. The molecule has 15 heavy (non-hydrogen) atoms. The maximum atomic E-state index is 10.7. The lowest BCUT2D eigenvalue weighted by molar-refractivity contribution is 0.0696. The SMILES string of the molecule is CC.Cc1c(C(=O)O)cc2cncnn12. The maximum Gasteiger partial charge on any atom is 0.337 e. The number of fused-ring (bicyclic) bond motifs is 1. The average Bonchev–Trinajstić information content (AvgIpc) is 2.60. The number of hydrogen-bond donors (Lipinski definition) is 1. The van der Waals surface area contributed by atoms with E-state index in [1.54, 1.807) is 23.7 Å². The lowest BCUT2D eigenvalue weighted by Crippen LogP contribution is -1.99. The van der Waals surface area contributed by atoms with Crippen molar-refractivity contribution in [3.05, 3.63) is 29.8 Å². The normalized spacial score (nSPS) is 9.53. The Morgan fingerprint density at radius 2 is 2.13 bits per heavy atom. The highest BCUT2D eigenvalue weighted by Crippen LogP contribution is 2.12. The molecule has 0 spiro atoms. The van der Waals surface area contributed by atoms with E-state index in [1.807, 2.05) is 13.8 Å². The summed E-state index contributed by atoms with van der Waals surface area (Å²) in [6.45, 7) is 5.71. The fraction of sp³-hybridized carbons (Fsp3) is 0.300. The van der Waals surface area contributed by atoms with Gasteiger partial charge in [0.1, 0.15) is 6.33 Å². The van der Waals surface area contributed by atoms with Gasteiger partial charge in [-0.05, 0) is 13.0 Å². The van der Waals surface area contributed by atoms with Gasteiger partial charge in [-0.15, -0.1) is 0 Å². The van der Waals surface area contributed by atoms with Crippen LogP contribution in [0.4, 0.5) is 0 Å². The standard InChI is InChI=1S/C8H7N3O2.C2H6/c1-5-7(8(12)13)2-6-3-9-4-10-11(5)6;1-2/h2-4H,1H3,(H,12,13);1-2H3. The molecule has 0 aromatic carbocycles. The molecule has 0 saturated heterocycles. The summed E-state index contributed by atoms with van der Waals surface area (Å²) in [5, 5.41) is 12.7. The van der Waals surface area contributed by atoms with E-state index in [-0.39, 0.29) is 5.56 Å². The van der Waals surface area contributed by atoms with Gasteiger partial charge in [0.2, 0.25) is 0 Å². The Balaban J connectivity index is 0.000000531. The van der Waals surface area contributed by atoms with Crippen molar-refractivity contribution < 1.29 is 9.90 Å². The first-order valence-corrected chi connectivity index (χ1v) is 4.72. The van der Waals surface area contributed by atoms with Crippen LogP contribution in [0.1, 0.15) is 29.9 Å². The number of aromatic carboxylic acids is 1. The predicted octanol–water partition coefficient (Wildman–Crippen LogP) is 1.76. The van der Waals surface area contributed by atoms with Gasteiger partial charge in [-0.1, -0.05) is 13.8 Å². The van der Waals surface area contributed by atoms with Crippen molar-refractivity contribution in [2.75, 3.05) is 0 Å². The van der Waals surface area contributed by atoms with Gasteiger partial charge in [0.05, 0.1) is 23.0 Å². The Kier molecular flexibility index (Phi) is 3.38. The first kappa shape index (κ1) is 11.2. The molecule has 0 aliphatic rings. The molecule has 2 heterocycles. The molecular weight excluding hydrogens is 194 g/mol. The molecule has 0 aliphatic heterocycles. The van der Waals surface area contributed by atoms with Crippen LogP contribution in [0.5, 0.6) is 0 Å². The van der Waals surface area contributed by atoms with Crippen molar-refractivity contribution in [1.29, 1.82) is 0 Å². The molecule has 0 atom stereocenters. The van der Waals surface area contributed by atoms with Gasteiger partial charge in [-0.3, -0.25) is 0 Å². The molecule has 1 N–H and O–H groups in total. The Morgan fingerprint density at radius 3 is 2.67 bits per heavy atom. The van der Waals surface area contributed by atoms with Crippen LogP contribution in [0, 0.1) is 6.92 Å². The topological polar surface area (TPSA) is 67.5 Å². The number of rotatable bonds is 1. The fourth-order valence-electron chi connectivity index (χ4n) is 1.27. The van der Waals surface area contributed by atoms with Crippen LogP contribution in [0.2, 0.25) is 0 Å². The van der Waals surface area contributed by atoms with E-state index in [4.69, 9.17) is 5.11 Å².